The summed E-state index contributed by atoms with van der Waals surface area (Å²) in [6.07, 6.45) is 4.45. The molecule has 0 unspecified atom stereocenters. The molecule has 0 saturated carbocycles. The maximum absolute atomic E-state index is 4.97. The van der Waals surface area contributed by atoms with Crippen LogP contribution in [0.15, 0.2) is 213 Å². The quantitative estimate of drug-likeness (QED) is 0.159. The van der Waals surface area contributed by atoms with Crippen molar-refractivity contribution < 1.29 is 4.57 Å². The van der Waals surface area contributed by atoms with Gasteiger partial charge in [-0.15, -0.1) is 0 Å². The van der Waals surface area contributed by atoms with E-state index < -0.39 is 0 Å². The van der Waals surface area contributed by atoms with E-state index in [1.807, 2.05) is 60.7 Å². The average molecular weight is 744 g/mol. The smallest absolute Gasteiger partial charge is 0.210 e. The van der Waals surface area contributed by atoms with Crippen LogP contribution in [0.4, 0.5) is 17.1 Å². The lowest BCUT2D eigenvalue weighted by atomic mass is 9.99. The number of benzene rings is 7. The monoisotopic (exact) mass is 743 g/mol. The number of hydrogen-bond donors (Lipinski definition) is 0. The molecule has 1 aliphatic rings. The van der Waals surface area contributed by atoms with Gasteiger partial charge in [0.15, 0.2) is 29.9 Å². The highest BCUT2D eigenvalue weighted by molar-refractivity contribution is 6.12. The molecular formula is C52H35N6+. The van der Waals surface area contributed by atoms with Crippen molar-refractivity contribution in [2.45, 2.75) is 0 Å². The molecule has 1 aliphatic heterocycles. The normalized spacial score (nSPS) is 11.8. The third kappa shape index (κ3) is 5.66. The SMILES string of the molecule is c1ccc(-c2nc(-c3ccccc3)nc(-c3ccc(-[n+]4ccc5c(c4)-c4c(n(-c6ccccc6)c6ccccc46)-c4ccccc4N5c4ccccc4)cc3)n2)cc1. The Bertz CT molecular complexity index is 3030. The molecule has 6 heteroatoms. The minimum absolute atomic E-state index is 0.626. The summed E-state index contributed by atoms with van der Waals surface area (Å²) in [5.74, 6) is 1.91. The van der Waals surface area contributed by atoms with Crippen LogP contribution in [0, 0.1) is 0 Å². The molecule has 4 heterocycles. The van der Waals surface area contributed by atoms with Crippen LogP contribution in [0.2, 0.25) is 0 Å². The third-order valence-electron chi connectivity index (χ3n) is 10.9. The molecule has 6 nitrogen and oxygen atoms in total. The van der Waals surface area contributed by atoms with Crippen molar-refractivity contribution in [2.24, 2.45) is 0 Å². The lowest BCUT2D eigenvalue weighted by Gasteiger charge is -2.27. The van der Waals surface area contributed by atoms with Crippen LogP contribution in [0.25, 0.3) is 78.8 Å². The molecule has 0 amide bonds. The second kappa shape index (κ2) is 14.0. The number of fused-ring (bicyclic) bond motifs is 7. The Hall–Kier alpha value is -7.96. The van der Waals surface area contributed by atoms with Crippen molar-refractivity contribution in [1.29, 1.82) is 0 Å². The highest BCUT2D eigenvalue weighted by atomic mass is 15.2. The van der Waals surface area contributed by atoms with E-state index in [9.17, 15) is 0 Å². The van der Waals surface area contributed by atoms with E-state index in [2.05, 4.69) is 166 Å². The van der Waals surface area contributed by atoms with Crippen molar-refractivity contribution in [3.63, 3.8) is 0 Å². The van der Waals surface area contributed by atoms with E-state index >= 15 is 0 Å². The number of anilines is 3. The molecule has 0 spiro atoms. The Labute approximate surface area is 336 Å². The van der Waals surface area contributed by atoms with Gasteiger partial charge in [0.1, 0.15) is 0 Å². The fourth-order valence-corrected chi connectivity index (χ4v) is 8.22. The number of rotatable bonds is 6. The van der Waals surface area contributed by atoms with Gasteiger partial charge in [0.05, 0.1) is 28.1 Å². The zero-order valence-corrected chi connectivity index (χ0v) is 31.4. The van der Waals surface area contributed by atoms with Crippen LogP contribution in [0.5, 0.6) is 0 Å². The first-order chi connectivity index (χ1) is 28.8. The molecule has 0 N–H and O–H groups in total. The Morgan fingerprint density at radius 3 is 1.53 bits per heavy atom. The van der Waals surface area contributed by atoms with Crippen molar-refractivity contribution in [3.05, 3.63) is 213 Å². The summed E-state index contributed by atoms with van der Waals surface area (Å²) >= 11 is 0. The molecule has 0 atom stereocenters. The van der Waals surface area contributed by atoms with Crippen LogP contribution in [-0.2, 0) is 0 Å². The van der Waals surface area contributed by atoms with Gasteiger partial charge in [0.2, 0.25) is 5.69 Å². The molecule has 7 aromatic carbocycles. The van der Waals surface area contributed by atoms with E-state index in [0.29, 0.717) is 17.5 Å². The van der Waals surface area contributed by atoms with Gasteiger partial charge in [-0.05, 0) is 48.5 Å². The van der Waals surface area contributed by atoms with Crippen molar-refractivity contribution in [2.75, 3.05) is 4.90 Å². The van der Waals surface area contributed by atoms with E-state index in [4.69, 9.17) is 15.0 Å². The predicted octanol–water partition coefficient (Wildman–Crippen LogP) is 12.2. The van der Waals surface area contributed by atoms with E-state index in [1.165, 1.54) is 10.9 Å². The molecule has 11 rings (SSSR count). The van der Waals surface area contributed by atoms with Gasteiger partial charge >= 0.3 is 0 Å². The van der Waals surface area contributed by atoms with E-state index in [-0.39, 0.29) is 0 Å². The average Bonchev–Trinajstić information content (AvgIpc) is 3.59. The van der Waals surface area contributed by atoms with Gasteiger partial charge in [-0.1, -0.05) is 133 Å². The second-order valence-corrected chi connectivity index (χ2v) is 14.3. The molecule has 0 saturated heterocycles. The van der Waals surface area contributed by atoms with E-state index in [1.54, 1.807) is 0 Å². The molecule has 10 aromatic rings. The van der Waals surface area contributed by atoms with E-state index in [0.717, 1.165) is 67.5 Å². The predicted molar refractivity (Wildman–Crippen MR) is 234 cm³/mol. The fourth-order valence-electron chi connectivity index (χ4n) is 8.22. The number of hydrogen-bond acceptors (Lipinski definition) is 4. The topological polar surface area (TPSA) is 50.7 Å². The Morgan fingerprint density at radius 2 is 0.897 bits per heavy atom. The van der Waals surface area contributed by atoms with Crippen molar-refractivity contribution >= 4 is 28.0 Å². The van der Waals surface area contributed by atoms with Gasteiger partial charge in [-0.3, -0.25) is 0 Å². The standard InChI is InChI=1S/C52H35N6/c1-5-17-36(18-6-1)50-53-51(37-19-7-2-8-20-37)55-52(54-50)38-29-31-39(32-30-38)56-34-33-47-44(35-56)48-42-25-13-15-27-45(42)58(41-23-11-4-12-24-41)49(48)43-26-14-16-28-46(43)57(47)40-21-9-3-10-22-40/h1-35H/q+1. The molecule has 0 aliphatic carbocycles. The van der Waals surface area contributed by atoms with Crippen LogP contribution < -0.4 is 9.47 Å². The summed E-state index contributed by atoms with van der Waals surface area (Å²) in [6.45, 7) is 0. The summed E-state index contributed by atoms with van der Waals surface area (Å²) < 4.78 is 4.65. The highest BCUT2D eigenvalue weighted by Crippen LogP contribution is 2.54. The number of nitrogens with zero attached hydrogens (tertiary/aromatic N) is 6. The third-order valence-corrected chi connectivity index (χ3v) is 10.9. The molecule has 58 heavy (non-hydrogen) atoms. The number of aromatic nitrogens is 5. The van der Waals surface area contributed by atoms with Crippen LogP contribution >= 0.6 is 0 Å². The van der Waals surface area contributed by atoms with Gasteiger partial charge in [-0.25, -0.2) is 15.0 Å². The van der Waals surface area contributed by atoms with Crippen LogP contribution in [0.3, 0.4) is 0 Å². The molecule has 0 radical (unpaired) electrons. The number of pyridine rings is 1. The molecule has 0 bridgehead atoms. The van der Waals surface area contributed by atoms with Gasteiger partial charge < -0.3 is 9.47 Å². The van der Waals surface area contributed by atoms with Gasteiger partial charge in [-0.2, -0.15) is 4.57 Å². The molecular weight excluding hydrogens is 709 g/mol. The summed E-state index contributed by atoms with van der Waals surface area (Å²) in [5, 5.41) is 1.19. The minimum atomic E-state index is 0.626. The van der Waals surface area contributed by atoms with Crippen LogP contribution in [0.1, 0.15) is 0 Å². The molecule has 0 fully saturated rings. The summed E-state index contributed by atoms with van der Waals surface area (Å²) in [6, 6.07) is 69.8. The summed E-state index contributed by atoms with van der Waals surface area (Å²) in [5.41, 5.74) is 14.1. The van der Waals surface area contributed by atoms with Gasteiger partial charge in [0, 0.05) is 62.8 Å². The minimum Gasteiger partial charge on any atom is -0.309 e. The lowest BCUT2D eigenvalue weighted by molar-refractivity contribution is -0.595. The molecule has 272 valence electrons. The zero-order valence-electron chi connectivity index (χ0n) is 31.4. The Morgan fingerprint density at radius 1 is 0.397 bits per heavy atom. The lowest BCUT2D eigenvalue weighted by Crippen LogP contribution is -2.30. The second-order valence-electron chi connectivity index (χ2n) is 14.3. The number of para-hydroxylation sites is 4. The van der Waals surface area contributed by atoms with Gasteiger partial charge in [0.25, 0.3) is 0 Å². The highest BCUT2D eigenvalue weighted by Gasteiger charge is 2.33. The first kappa shape index (κ1) is 33.4. The largest absolute Gasteiger partial charge is 0.309 e. The maximum atomic E-state index is 4.97. The molecule has 3 aromatic heterocycles. The fraction of sp³-hybridized carbons (Fsp3) is 0. The zero-order chi connectivity index (χ0) is 38.4. The Kier molecular flexibility index (Phi) is 8.04. The van der Waals surface area contributed by atoms with Crippen molar-refractivity contribution in [1.82, 2.24) is 19.5 Å². The van der Waals surface area contributed by atoms with Crippen LogP contribution in [-0.4, -0.2) is 19.5 Å². The maximum Gasteiger partial charge on any atom is 0.210 e. The first-order valence-corrected chi connectivity index (χ1v) is 19.5. The Balaban J connectivity index is 1.10. The summed E-state index contributed by atoms with van der Waals surface area (Å²) in [4.78, 5) is 17.2. The summed E-state index contributed by atoms with van der Waals surface area (Å²) in [7, 11) is 0. The first-order valence-electron chi connectivity index (χ1n) is 19.5. The van der Waals surface area contributed by atoms with Crippen molar-refractivity contribution in [3.8, 4) is 67.9 Å².